The number of thiophene rings is 1. The molecule has 1 aromatic heterocycles. The van der Waals surface area contributed by atoms with Crippen molar-refractivity contribution in [2.45, 2.75) is 12.5 Å². The fourth-order valence-corrected chi connectivity index (χ4v) is 1.66. The molecule has 1 aliphatic heterocycles. The van der Waals surface area contributed by atoms with Crippen molar-refractivity contribution in [1.82, 2.24) is 0 Å². The van der Waals surface area contributed by atoms with E-state index in [0.717, 1.165) is 6.61 Å². The Morgan fingerprint density at radius 1 is 1.78 bits per heavy atom. The molecule has 48 valence electrons. The third kappa shape index (κ3) is 0.787. The van der Waals surface area contributed by atoms with Gasteiger partial charge in [-0.15, -0.1) is 11.3 Å². The Morgan fingerprint density at radius 3 is 3.00 bits per heavy atom. The predicted octanol–water partition coefficient (Wildman–Crippen LogP) is 1.99. The summed E-state index contributed by atoms with van der Waals surface area (Å²) in [6, 6.07) is 4.19. The number of ether oxygens (including phenoxy) is 1. The van der Waals surface area contributed by atoms with Crippen LogP contribution in [0.5, 0.6) is 0 Å². The molecule has 0 N–H and O–H groups in total. The minimum atomic E-state index is 0.0914. The second-order valence-corrected chi connectivity index (χ2v) is 3.44. The van der Waals surface area contributed by atoms with Crippen LogP contribution in [0.3, 0.4) is 0 Å². The van der Waals surface area contributed by atoms with Crippen molar-refractivity contribution in [2.24, 2.45) is 0 Å². The first-order valence-corrected chi connectivity index (χ1v) is 3.87. The lowest BCUT2D eigenvalue weighted by atomic mass is 10.2. The Labute approximate surface area is 58.3 Å². The molecule has 0 amide bonds. The van der Waals surface area contributed by atoms with Crippen LogP contribution in [-0.4, -0.2) is 6.61 Å². The monoisotopic (exact) mass is 140 g/mol. The molecule has 1 fully saturated rings. The number of epoxide rings is 1. The van der Waals surface area contributed by atoms with E-state index in [4.69, 9.17) is 4.74 Å². The molecule has 0 saturated carbocycles. The first-order valence-electron chi connectivity index (χ1n) is 2.99. The van der Waals surface area contributed by atoms with E-state index in [0.29, 0.717) is 0 Å². The normalized spacial score (nSPS) is 32.6. The molecule has 1 saturated heterocycles. The van der Waals surface area contributed by atoms with Crippen LogP contribution in [0.4, 0.5) is 0 Å². The van der Waals surface area contributed by atoms with Crippen LogP contribution in [0.15, 0.2) is 17.5 Å². The molecule has 2 heterocycles. The van der Waals surface area contributed by atoms with Crippen molar-refractivity contribution in [3.63, 3.8) is 0 Å². The van der Waals surface area contributed by atoms with Crippen LogP contribution in [0.1, 0.15) is 11.8 Å². The molecule has 2 rings (SSSR count). The highest BCUT2D eigenvalue weighted by atomic mass is 32.1. The Kier molecular flexibility index (Phi) is 0.957. The van der Waals surface area contributed by atoms with Crippen molar-refractivity contribution < 1.29 is 4.74 Å². The van der Waals surface area contributed by atoms with Crippen LogP contribution in [0.25, 0.3) is 0 Å². The van der Waals surface area contributed by atoms with Gasteiger partial charge in [0.15, 0.2) is 0 Å². The summed E-state index contributed by atoms with van der Waals surface area (Å²) in [6.07, 6.45) is 0. The number of rotatable bonds is 1. The number of hydrogen-bond acceptors (Lipinski definition) is 2. The van der Waals surface area contributed by atoms with Crippen molar-refractivity contribution in [2.75, 3.05) is 6.61 Å². The lowest BCUT2D eigenvalue weighted by Gasteiger charge is -1.96. The molecule has 1 atom stereocenters. The van der Waals surface area contributed by atoms with Gasteiger partial charge < -0.3 is 4.74 Å². The van der Waals surface area contributed by atoms with Crippen LogP contribution in [-0.2, 0) is 10.3 Å². The first kappa shape index (κ1) is 5.45. The van der Waals surface area contributed by atoms with Gasteiger partial charge in [0, 0.05) is 4.88 Å². The number of hydrogen-bond donors (Lipinski definition) is 0. The van der Waals surface area contributed by atoms with Gasteiger partial charge in [-0.3, -0.25) is 0 Å². The second-order valence-electron chi connectivity index (χ2n) is 2.50. The highest BCUT2D eigenvalue weighted by molar-refractivity contribution is 7.10. The molecule has 0 radical (unpaired) electrons. The predicted molar refractivity (Wildman–Crippen MR) is 37.6 cm³/mol. The maximum absolute atomic E-state index is 5.25. The summed E-state index contributed by atoms with van der Waals surface area (Å²) in [5.74, 6) is 0. The SMILES string of the molecule is CC1(c2cccs2)CO1. The van der Waals surface area contributed by atoms with Gasteiger partial charge in [0.1, 0.15) is 5.60 Å². The van der Waals surface area contributed by atoms with E-state index < -0.39 is 0 Å². The minimum Gasteiger partial charge on any atom is -0.364 e. The second kappa shape index (κ2) is 1.58. The molecule has 2 heteroatoms. The lowest BCUT2D eigenvalue weighted by molar-refractivity contribution is 0.333. The molecular formula is C7H8OS. The molecular weight excluding hydrogens is 132 g/mol. The van der Waals surface area contributed by atoms with Gasteiger partial charge in [0.2, 0.25) is 0 Å². The van der Waals surface area contributed by atoms with E-state index in [1.54, 1.807) is 11.3 Å². The van der Waals surface area contributed by atoms with Crippen molar-refractivity contribution in [1.29, 1.82) is 0 Å². The summed E-state index contributed by atoms with van der Waals surface area (Å²) < 4.78 is 5.25. The smallest absolute Gasteiger partial charge is 0.123 e. The molecule has 1 aliphatic rings. The maximum Gasteiger partial charge on any atom is 0.123 e. The summed E-state index contributed by atoms with van der Waals surface area (Å²) >= 11 is 1.77. The lowest BCUT2D eigenvalue weighted by Crippen LogP contribution is -1.96. The standard InChI is InChI=1S/C7H8OS/c1-7(5-8-7)6-3-2-4-9-6/h2-4H,5H2,1H3. The fourth-order valence-electron chi connectivity index (χ4n) is 0.830. The van der Waals surface area contributed by atoms with Crippen molar-refractivity contribution in [3.8, 4) is 0 Å². The molecule has 1 unspecified atom stereocenters. The van der Waals surface area contributed by atoms with Gasteiger partial charge >= 0.3 is 0 Å². The van der Waals surface area contributed by atoms with Gasteiger partial charge in [0.05, 0.1) is 6.61 Å². The average Bonchev–Trinajstić information content (AvgIpc) is 2.46. The van der Waals surface area contributed by atoms with E-state index in [1.807, 2.05) is 0 Å². The zero-order valence-electron chi connectivity index (χ0n) is 5.26. The van der Waals surface area contributed by atoms with Gasteiger partial charge in [-0.2, -0.15) is 0 Å². The Balaban J connectivity index is 2.34. The maximum atomic E-state index is 5.25. The molecule has 0 bridgehead atoms. The van der Waals surface area contributed by atoms with Crippen LogP contribution < -0.4 is 0 Å². The van der Waals surface area contributed by atoms with E-state index in [9.17, 15) is 0 Å². The Hall–Kier alpha value is -0.340. The molecule has 1 aromatic rings. The fraction of sp³-hybridized carbons (Fsp3) is 0.429. The quantitative estimate of drug-likeness (QED) is 0.543. The third-order valence-electron chi connectivity index (χ3n) is 1.62. The molecule has 1 nitrogen and oxygen atoms in total. The summed E-state index contributed by atoms with van der Waals surface area (Å²) in [5, 5.41) is 2.09. The minimum absolute atomic E-state index is 0.0914. The zero-order valence-corrected chi connectivity index (χ0v) is 6.07. The Bertz CT molecular complexity index is 199. The third-order valence-corrected chi connectivity index (χ3v) is 2.73. The molecule has 0 aliphatic carbocycles. The van der Waals surface area contributed by atoms with E-state index >= 15 is 0 Å². The highest BCUT2D eigenvalue weighted by Gasteiger charge is 2.41. The van der Waals surface area contributed by atoms with Gasteiger partial charge in [0.25, 0.3) is 0 Å². The largest absolute Gasteiger partial charge is 0.364 e. The van der Waals surface area contributed by atoms with Gasteiger partial charge in [-0.25, -0.2) is 0 Å². The molecule has 0 aromatic carbocycles. The van der Waals surface area contributed by atoms with Crippen molar-refractivity contribution >= 4 is 11.3 Å². The summed E-state index contributed by atoms with van der Waals surface area (Å²) in [7, 11) is 0. The highest BCUT2D eigenvalue weighted by Crippen LogP contribution is 2.40. The van der Waals surface area contributed by atoms with Crippen LogP contribution in [0.2, 0.25) is 0 Å². The van der Waals surface area contributed by atoms with Gasteiger partial charge in [-0.1, -0.05) is 6.07 Å². The first-order chi connectivity index (χ1) is 4.31. The van der Waals surface area contributed by atoms with Crippen LogP contribution >= 0.6 is 11.3 Å². The average molecular weight is 140 g/mol. The van der Waals surface area contributed by atoms with Crippen molar-refractivity contribution in [3.05, 3.63) is 22.4 Å². The summed E-state index contributed by atoms with van der Waals surface area (Å²) in [5.41, 5.74) is 0.0914. The molecule has 9 heavy (non-hydrogen) atoms. The topological polar surface area (TPSA) is 12.5 Å². The van der Waals surface area contributed by atoms with Gasteiger partial charge in [-0.05, 0) is 18.4 Å². The summed E-state index contributed by atoms with van der Waals surface area (Å²) in [6.45, 7) is 3.02. The molecule has 0 spiro atoms. The zero-order chi connectivity index (χ0) is 6.32. The van der Waals surface area contributed by atoms with E-state index in [2.05, 4.69) is 24.4 Å². The van der Waals surface area contributed by atoms with E-state index in [-0.39, 0.29) is 5.60 Å². The van der Waals surface area contributed by atoms with Crippen LogP contribution in [0, 0.1) is 0 Å². The Morgan fingerprint density at radius 2 is 2.56 bits per heavy atom. The summed E-state index contributed by atoms with van der Waals surface area (Å²) in [4.78, 5) is 1.35. The van der Waals surface area contributed by atoms with E-state index in [1.165, 1.54) is 4.88 Å².